The smallest absolute Gasteiger partial charge is 0.243 e. The zero-order chi connectivity index (χ0) is 74.9. The minimum atomic E-state index is -1.22. The Hall–Kier alpha value is -8.95. The monoisotopic (exact) mass is 1450 g/mol. The van der Waals surface area contributed by atoms with Gasteiger partial charge in [0.05, 0.1) is 72.8 Å². The molecule has 0 bridgehead atoms. The zero-order valence-electron chi connectivity index (χ0n) is 60.4. The molecule has 3 aromatic carbocycles. The number of ether oxygens (including phenoxy) is 5. The molecule has 0 aliphatic heterocycles. The second-order valence-corrected chi connectivity index (χ2v) is 25.9. The van der Waals surface area contributed by atoms with Crippen LogP contribution in [0.25, 0.3) is 0 Å². The summed E-state index contributed by atoms with van der Waals surface area (Å²) in [5.74, 6) is -6.37. The second kappa shape index (κ2) is 47.3. The molecular formula is C70H107N15O16S. The van der Waals surface area contributed by atoms with Crippen LogP contribution < -0.4 is 37.9 Å². The zero-order valence-corrected chi connectivity index (χ0v) is 61.2. The molecule has 0 radical (unpaired) electrons. The number of guanidine groups is 1. The summed E-state index contributed by atoms with van der Waals surface area (Å²) in [6.45, 7) is -1.19. The van der Waals surface area contributed by atoms with Crippen LogP contribution in [0.2, 0.25) is 0 Å². The molecular weight excluding hydrogens is 1340 g/mol. The SMILES string of the molecule is COCCN(CC(=O)N[C@@H](CCCN=C(N)N)C(=O)N[C@@H](CCSC)C(N)=O)C(=O)CN(CCOC)C(=O)CN(CCOC)C(=O)CN(CCOC)C(=O)CN(Cc1ccc(OC)cc1)C(=O)CN(Cc1ccccc1)C(=O)CN(CC(C)C)C(=O)CN(Cc1ccccc1)C(=O)CNC1CC1. The summed E-state index contributed by atoms with van der Waals surface area (Å²) < 4.78 is 26.8. The van der Waals surface area contributed by atoms with Gasteiger partial charge in [0.15, 0.2) is 5.96 Å². The molecule has 0 spiro atoms. The van der Waals surface area contributed by atoms with Gasteiger partial charge in [0.2, 0.25) is 65.0 Å². The Morgan fingerprint density at radius 1 is 0.490 bits per heavy atom. The standard InChI is InChI=1S/C70H107N15O16S/c1-51(2)39-82(65(92)49-83(40-52-16-11-9-12-17-52)60(87)38-75-55-23-24-55)48-66(93)84(41-53-18-13-10-14-19-53)50-67(94)85(42-54-21-25-56(101-7)26-22-54)47-64(91)81(32-36-100-6)46-63(90)80(31-35-99-5)45-62(89)79(30-34-98-4)44-61(88)78(29-33-97-3)43-59(86)76-58(20-15-28-74-70(72)73)69(96)77-57(68(71)95)27-37-102-8/h9-14,16-19,21-22,25-26,51,55,57-58,75H,15,20,23-24,27-50H2,1-8H3,(H2,71,95)(H,76,86)(H,77,96)(H4,72,73,74)/t57-,58-/m0/s1. The third-order valence-electron chi connectivity index (χ3n) is 16.2. The van der Waals surface area contributed by atoms with E-state index < -0.39 is 117 Å². The van der Waals surface area contributed by atoms with Gasteiger partial charge in [0, 0.05) is 93.4 Å². The van der Waals surface area contributed by atoms with E-state index >= 15 is 4.79 Å². The van der Waals surface area contributed by atoms with Crippen molar-refractivity contribution in [2.45, 2.75) is 83.7 Å². The van der Waals surface area contributed by atoms with Crippen molar-refractivity contribution >= 4 is 82.7 Å². The molecule has 1 aliphatic carbocycles. The lowest BCUT2D eigenvalue weighted by Gasteiger charge is -2.33. The van der Waals surface area contributed by atoms with E-state index in [1.165, 1.54) is 71.8 Å². The summed E-state index contributed by atoms with van der Waals surface area (Å²) in [6, 6.07) is 23.0. The second-order valence-electron chi connectivity index (χ2n) is 24.9. The molecule has 0 heterocycles. The molecule has 1 aliphatic rings. The molecule has 9 N–H and O–H groups in total. The van der Waals surface area contributed by atoms with E-state index in [-0.39, 0.29) is 142 Å². The molecule has 0 aromatic heterocycles. The predicted octanol–water partition coefficient (Wildman–Crippen LogP) is -0.520. The average Bonchev–Trinajstić information content (AvgIpc) is 0.888. The van der Waals surface area contributed by atoms with Crippen LogP contribution in [-0.4, -0.2) is 300 Å². The predicted molar refractivity (Wildman–Crippen MR) is 384 cm³/mol. The molecule has 11 amide bonds. The highest BCUT2D eigenvalue weighted by atomic mass is 32.2. The summed E-state index contributed by atoms with van der Waals surface area (Å²) in [4.78, 5) is 171. The van der Waals surface area contributed by atoms with Crippen LogP contribution in [0.3, 0.4) is 0 Å². The average molecular weight is 1450 g/mol. The van der Waals surface area contributed by atoms with E-state index in [1.807, 2.05) is 50.4 Å². The van der Waals surface area contributed by atoms with Crippen molar-refractivity contribution in [2.24, 2.45) is 28.1 Å². The molecule has 564 valence electrons. The maximum Gasteiger partial charge on any atom is 0.243 e. The van der Waals surface area contributed by atoms with Crippen molar-refractivity contribution in [1.29, 1.82) is 0 Å². The quantitative estimate of drug-likeness (QED) is 0.0235. The first-order valence-electron chi connectivity index (χ1n) is 34.0. The lowest BCUT2D eigenvalue weighted by atomic mass is 10.1. The van der Waals surface area contributed by atoms with E-state index in [0.717, 1.165) is 33.1 Å². The lowest BCUT2D eigenvalue weighted by Crippen LogP contribution is -2.55. The fourth-order valence-corrected chi connectivity index (χ4v) is 10.8. The van der Waals surface area contributed by atoms with Crippen LogP contribution in [0.5, 0.6) is 5.75 Å². The maximum atomic E-state index is 15.1. The molecule has 1 saturated carbocycles. The van der Waals surface area contributed by atoms with Gasteiger partial charge >= 0.3 is 0 Å². The molecule has 0 saturated heterocycles. The van der Waals surface area contributed by atoms with E-state index in [2.05, 4.69) is 20.9 Å². The number of aliphatic imine (C=N–C) groups is 1. The van der Waals surface area contributed by atoms with Crippen molar-refractivity contribution < 1.29 is 76.4 Å². The molecule has 1 fully saturated rings. The van der Waals surface area contributed by atoms with E-state index in [1.54, 1.807) is 54.6 Å². The fourth-order valence-electron chi connectivity index (χ4n) is 10.4. The van der Waals surface area contributed by atoms with Gasteiger partial charge in [-0.3, -0.25) is 57.7 Å². The van der Waals surface area contributed by atoms with Crippen LogP contribution >= 0.6 is 11.8 Å². The number of hydrogen-bond donors (Lipinski definition) is 6. The number of thioether (sulfide) groups is 1. The Labute approximate surface area is 603 Å². The van der Waals surface area contributed by atoms with Crippen molar-refractivity contribution in [3.05, 3.63) is 102 Å². The largest absolute Gasteiger partial charge is 0.497 e. The van der Waals surface area contributed by atoms with Crippen molar-refractivity contribution in [2.75, 3.05) is 172 Å². The van der Waals surface area contributed by atoms with Crippen LogP contribution in [0, 0.1) is 5.92 Å². The fraction of sp³-hybridized carbons (Fsp3) is 0.571. The number of nitrogens with one attached hydrogen (secondary N) is 3. The van der Waals surface area contributed by atoms with Gasteiger partial charge < -0.3 is 96.0 Å². The highest BCUT2D eigenvalue weighted by Gasteiger charge is 2.34. The summed E-state index contributed by atoms with van der Waals surface area (Å²) in [5.41, 5.74) is 18.7. The van der Waals surface area contributed by atoms with Crippen molar-refractivity contribution in [3.63, 3.8) is 0 Å². The number of primary amides is 1. The first kappa shape index (κ1) is 85.5. The van der Waals surface area contributed by atoms with E-state index in [0.29, 0.717) is 22.6 Å². The highest BCUT2D eigenvalue weighted by molar-refractivity contribution is 7.98. The molecule has 0 unspecified atom stereocenters. The highest BCUT2D eigenvalue weighted by Crippen LogP contribution is 2.20. The molecule has 102 heavy (non-hydrogen) atoms. The Balaban J connectivity index is 1.62. The summed E-state index contributed by atoms with van der Waals surface area (Å²) in [6.07, 6.45) is 4.22. The van der Waals surface area contributed by atoms with Crippen molar-refractivity contribution in [3.8, 4) is 5.75 Å². The minimum absolute atomic E-state index is 0.0246. The van der Waals surface area contributed by atoms with Gasteiger partial charge in [-0.05, 0) is 78.9 Å². The Morgan fingerprint density at radius 3 is 1.27 bits per heavy atom. The molecule has 3 aromatic rings. The number of amides is 11. The van der Waals surface area contributed by atoms with Crippen LogP contribution in [0.15, 0.2) is 89.9 Å². The van der Waals surface area contributed by atoms with Crippen molar-refractivity contribution in [1.82, 2.24) is 55.1 Å². The number of hydrogen-bond acceptors (Lipinski definition) is 19. The number of carbonyl (C=O) groups is 11. The summed E-state index contributed by atoms with van der Waals surface area (Å²) in [7, 11) is 7.07. The van der Waals surface area contributed by atoms with Gasteiger partial charge in [-0.25, -0.2) is 0 Å². The van der Waals surface area contributed by atoms with Crippen LogP contribution in [-0.2, 0) is 91.3 Å². The Kier molecular flexibility index (Phi) is 39.6. The topological polar surface area (TPSA) is 386 Å². The summed E-state index contributed by atoms with van der Waals surface area (Å²) >= 11 is 1.44. The Morgan fingerprint density at radius 2 is 0.882 bits per heavy atom. The van der Waals surface area contributed by atoms with Crippen LogP contribution in [0.4, 0.5) is 0 Å². The van der Waals surface area contributed by atoms with E-state index in [4.69, 9.17) is 40.9 Å². The molecule has 4 rings (SSSR count). The lowest BCUT2D eigenvalue weighted by molar-refractivity contribution is -0.149. The van der Waals surface area contributed by atoms with Crippen LogP contribution in [0.1, 0.15) is 62.6 Å². The molecule has 2 atom stereocenters. The number of nitrogens with zero attached hydrogens (tertiary/aromatic N) is 9. The maximum absolute atomic E-state index is 15.1. The summed E-state index contributed by atoms with van der Waals surface area (Å²) in [5, 5.41) is 8.50. The first-order chi connectivity index (χ1) is 48.9. The Bertz CT molecular complexity index is 3150. The first-order valence-corrected chi connectivity index (χ1v) is 35.4. The minimum Gasteiger partial charge on any atom is -0.497 e. The van der Waals surface area contributed by atoms with Gasteiger partial charge in [-0.2, -0.15) is 11.8 Å². The third kappa shape index (κ3) is 32.8. The number of rotatable bonds is 51. The van der Waals surface area contributed by atoms with Gasteiger partial charge in [-0.1, -0.05) is 86.6 Å². The van der Waals surface area contributed by atoms with Gasteiger partial charge in [-0.15, -0.1) is 0 Å². The van der Waals surface area contributed by atoms with Gasteiger partial charge in [0.25, 0.3) is 0 Å². The molecule has 32 heteroatoms. The number of methoxy groups -OCH3 is 5. The number of carbonyl (C=O) groups excluding carboxylic acids is 11. The third-order valence-corrected chi connectivity index (χ3v) is 16.9. The number of nitrogens with two attached hydrogens (primary N) is 3. The van der Waals surface area contributed by atoms with Gasteiger partial charge in [0.1, 0.15) is 37.5 Å². The normalized spacial score (nSPS) is 12.2. The molecule has 31 nitrogen and oxygen atoms in total. The van der Waals surface area contributed by atoms with E-state index in [9.17, 15) is 47.9 Å². The number of benzene rings is 3.